The highest BCUT2D eigenvalue weighted by atomic mass is 32.2. The third-order valence-corrected chi connectivity index (χ3v) is 4.68. The number of rotatable bonds is 4. The van der Waals surface area contributed by atoms with E-state index in [0.717, 1.165) is 11.3 Å². The molecule has 0 spiro atoms. The predicted molar refractivity (Wildman–Crippen MR) is 87.8 cm³/mol. The Labute approximate surface area is 130 Å². The number of nitrogens with zero attached hydrogens (tertiary/aromatic N) is 1. The Hall–Kier alpha value is -2.53. The lowest BCUT2D eigenvalue weighted by molar-refractivity contribution is 0.601. The normalized spacial score (nSPS) is 11.3. The largest absolute Gasteiger partial charge is 0.324 e. The first-order chi connectivity index (χ1) is 10.5. The van der Waals surface area contributed by atoms with Gasteiger partial charge in [-0.2, -0.15) is 0 Å². The van der Waals surface area contributed by atoms with Gasteiger partial charge in [-0.3, -0.25) is 4.72 Å². The summed E-state index contributed by atoms with van der Waals surface area (Å²) in [5.74, 6) is 0. The summed E-state index contributed by atoms with van der Waals surface area (Å²) in [7, 11) is -3.58. The van der Waals surface area contributed by atoms with Gasteiger partial charge < -0.3 is 4.57 Å². The molecule has 1 heterocycles. The molecule has 3 aromatic rings. The minimum Gasteiger partial charge on any atom is -0.324 e. The van der Waals surface area contributed by atoms with Crippen LogP contribution in [0.15, 0.2) is 78.0 Å². The molecule has 1 N–H and O–H groups in total. The van der Waals surface area contributed by atoms with Crippen molar-refractivity contribution >= 4 is 15.7 Å². The fourth-order valence-corrected chi connectivity index (χ4v) is 3.39. The van der Waals surface area contributed by atoms with Crippen molar-refractivity contribution in [1.29, 1.82) is 0 Å². The van der Waals surface area contributed by atoms with E-state index in [0.29, 0.717) is 5.69 Å². The molecule has 112 valence electrons. The Morgan fingerprint density at radius 2 is 1.64 bits per heavy atom. The van der Waals surface area contributed by atoms with Gasteiger partial charge in [-0.15, -0.1) is 0 Å². The van der Waals surface area contributed by atoms with E-state index in [9.17, 15) is 8.42 Å². The molecule has 0 radical (unpaired) electrons. The van der Waals surface area contributed by atoms with Crippen molar-refractivity contribution in [2.75, 3.05) is 4.72 Å². The van der Waals surface area contributed by atoms with Crippen LogP contribution < -0.4 is 4.72 Å². The molecule has 1 aromatic heterocycles. The van der Waals surface area contributed by atoms with Crippen molar-refractivity contribution in [3.8, 4) is 5.69 Å². The minimum atomic E-state index is -3.58. The van der Waals surface area contributed by atoms with Gasteiger partial charge in [0.1, 0.15) is 0 Å². The SMILES string of the molecule is Cc1cccc(S(=O)(=O)Nc2cccc(-n3cccc3)c2)c1. The van der Waals surface area contributed by atoms with Gasteiger partial charge in [0.2, 0.25) is 0 Å². The molecule has 0 fully saturated rings. The van der Waals surface area contributed by atoms with Crippen LogP contribution >= 0.6 is 0 Å². The van der Waals surface area contributed by atoms with Crippen molar-refractivity contribution in [2.45, 2.75) is 11.8 Å². The highest BCUT2D eigenvalue weighted by Crippen LogP contribution is 2.19. The maximum absolute atomic E-state index is 12.4. The molecule has 5 heteroatoms. The zero-order valence-corrected chi connectivity index (χ0v) is 12.9. The van der Waals surface area contributed by atoms with Crippen molar-refractivity contribution in [3.63, 3.8) is 0 Å². The van der Waals surface area contributed by atoms with Gasteiger partial charge >= 0.3 is 0 Å². The predicted octanol–water partition coefficient (Wildman–Crippen LogP) is 3.59. The molecule has 0 bridgehead atoms. The summed E-state index contributed by atoms with van der Waals surface area (Å²) in [6, 6.07) is 18.0. The number of aromatic nitrogens is 1. The molecule has 3 rings (SSSR count). The summed E-state index contributed by atoms with van der Waals surface area (Å²) >= 11 is 0. The average Bonchev–Trinajstić information content (AvgIpc) is 3.01. The maximum Gasteiger partial charge on any atom is 0.261 e. The molecule has 0 amide bonds. The van der Waals surface area contributed by atoms with E-state index in [1.54, 1.807) is 30.3 Å². The van der Waals surface area contributed by atoms with Crippen LogP contribution in [0, 0.1) is 6.92 Å². The summed E-state index contributed by atoms with van der Waals surface area (Å²) in [5.41, 5.74) is 2.34. The van der Waals surface area contributed by atoms with Gasteiger partial charge in [0.05, 0.1) is 10.6 Å². The maximum atomic E-state index is 12.4. The van der Waals surface area contributed by atoms with E-state index in [1.807, 2.05) is 54.2 Å². The van der Waals surface area contributed by atoms with Crippen LogP contribution in [0.1, 0.15) is 5.56 Å². The van der Waals surface area contributed by atoms with Crippen LogP contribution in [0.2, 0.25) is 0 Å². The Balaban J connectivity index is 1.91. The Kier molecular flexibility index (Phi) is 3.73. The lowest BCUT2D eigenvalue weighted by Crippen LogP contribution is -2.13. The second-order valence-corrected chi connectivity index (χ2v) is 6.75. The Morgan fingerprint density at radius 3 is 2.36 bits per heavy atom. The second kappa shape index (κ2) is 5.69. The van der Waals surface area contributed by atoms with Gasteiger partial charge in [0.15, 0.2) is 0 Å². The van der Waals surface area contributed by atoms with E-state index in [1.165, 1.54) is 0 Å². The van der Waals surface area contributed by atoms with Gasteiger partial charge in [-0.05, 0) is 55.0 Å². The van der Waals surface area contributed by atoms with Crippen LogP contribution in [-0.2, 0) is 10.0 Å². The molecule has 0 aliphatic heterocycles. The first kappa shape index (κ1) is 14.4. The molecule has 0 aliphatic carbocycles. The van der Waals surface area contributed by atoms with Crippen LogP contribution in [0.5, 0.6) is 0 Å². The highest BCUT2D eigenvalue weighted by Gasteiger charge is 2.14. The van der Waals surface area contributed by atoms with E-state index in [-0.39, 0.29) is 4.90 Å². The molecule has 0 saturated heterocycles. The summed E-state index contributed by atoms with van der Waals surface area (Å²) in [6.45, 7) is 1.87. The zero-order valence-electron chi connectivity index (χ0n) is 12.1. The van der Waals surface area contributed by atoms with Crippen molar-refractivity contribution in [3.05, 3.63) is 78.6 Å². The summed E-state index contributed by atoms with van der Waals surface area (Å²) in [5, 5.41) is 0. The number of sulfonamides is 1. The molecule has 4 nitrogen and oxygen atoms in total. The van der Waals surface area contributed by atoms with Gasteiger partial charge in [-0.1, -0.05) is 18.2 Å². The lowest BCUT2D eigenvalue weighted by Gasteiger charge is -2.10. The van der Waals surface area contributed by atoms with E-state index in [2.05, 4.69) is 4.72 Å². The van der Waals surface area contributed by atoms with Crippen LogP contribution in [-0.4, -0.2) is 13.0 Å². The highest BCUT2D eigenvalue weighted by molar-refractivity contribution is 7.92. The van der Waals surface area contributed by atoms with Crippen LogP contribution in [0.3, 0.4) is 0 Å². The van der Waals surface area contributed by atoms with Crippen LogP contribution in [0.4, 0.5) is 5.69 Å². The van der Waals surface area contributed by atoms with E-state index >= 15 is 0 Å². The number of anilines is 1. The number of benzene rings is 2. The molecular formula is C17H16N2O2S. The van der Waals surface area contributed by atoms with Gasteiger partial charge in [0.25, 0.3) is 10.0 Å². The molecule has 0 unspecified atom stereocenters. The molecule has 0 aliphatic rings. The first-order valence-corrected chi connectivity index (χ1v) is 8.36. The molecular weight excluding hydrogens is 296 g/mol. The van der Waals surface area contributed by atoms with E-state index < -0.39 is 10.0 Å². The average molecular weight is 312 g/mol. The Morgan fingerprint density at radius 1 is 0.909 bits per heavy atom. The van der Waals surface area contributed by atoms with Crippen molar-refractivity contribution in [1.82, 2.24) is 4.57 Å². The Bertz CT molecular complexity index is 885. The van der Waals surface area contributed by atoms with Crippen LogP contribution in [0.25, 0.3) is 5.69 Å². The zero-order chi connectivity index (χ0) is 15.6. The first-order valence-electron chi connectivity index (χ1n) is 6.87. The second-order valence-electron chi connectivity index (χ2n) is 5.06. The summed E-state index contributed by atoms with van der Waals surface area (Å²) in [6.07, 6.45) is 3.82. The summed E-state index contributed by atoms with van der Waals surface area (Å²) < 4.78 is 29.4. The van der Waals surface area contributed by atoms with Crippen molar-refractivity contribution in [2.24, 2.45) is 0 Å². The minimum absolute atomic E-state index is 0.263. The van der Waals surface area contributed by atoms with E-state index in [4.69, 9.17) is 0 Å². The number of nitrogens with one attached hydrogen (secondary N) is 1. The standard InChI is InChI=1S/C17H16N2O2S/c1-14-6-4-9-17(12-14)22(20,21)18-15-7-5-8-16(13-15)19-10-2-3-11-19/h2-13,18H,1H3. The fourth-order valence-electron chi connectivity index (χ4n) is 2.23. The topological polar surface area (TPSA) is 51.1 Å². The molecule has 22 heavy (non-hydrogen) atoms. The molecule has 0 saturated carbocycles. The molecule has 0 atom stereocenters. The third kappa shape index (κ3) is 3.04. The molecule has 2 aromatic carbocycles. The fraction of sp³-hybridized carbons (Fsp3) is 0.0588. The third-order valence-electron chi connectivity index (χ3n) is 3.30. The monoisotopic (exact) mass is 312 g/mol. The van der Waals surface area contributed by atoms with Crippen molar-refractivity contribution < 1.29 is 8.42 Å². The smallest absolute Gasteiger partial charge is 0.261 e. The summed E-state index contributed by atoms with van der Waals surface area (Å²) in [4.78, 5) is 0.263. The lowest BCUT2D eigenvalue weighted by atomic mass is 10.2. The van der Waals surface area contributed by atoms with Gasteiger partial charge in [0, 0.05) is 18.1 Å². The number of hydrogen-bond donors (Lipinski definition) is 1. The number of aryl methyl sites for hydroxylation is 1. The van der Waals surface area contributed by atoms with Gasteiger partial charge in [-0.25, -0.2) is 8.42 Å². The number of hydrogen-bond acceptors (Lipinski definition) is 2. The quantitative estimate of drug-likeness (QED) is 0.800.